The van der Waals surface area contributed by atoms with Crippen LogP contribution in [0.25, 0.3) is 11.3 Å². The fraction of sp³-hybridized carbons (Fsp3) is 0.333. The molecule has 4 N–H and O–H groups in total. The summed E-state index contributed by atoms with van der Waals surface area (Å²) >= 11 is 0. The molecule has 158 valence electrons. The molecule has 6 nitrogen and oxygen atoms in total. The number of primary amides is 1. The number of carbonyl (C=O) groups excluding carboxylic acids is 1. The zero-order valence-corrected chi connectivity index (χ0v) is 17.5. The van der Waals surface area contributed by atoms with E-state index in [1.807, 2.05) is 36.4 Å². The van der Waals surface area contributed by atoms with Crippen LogP contribution in [0, 0.1) is 6.92 Å². The van der Waals surface area contributed by atoms with E-state index >= 15 is 0 Å². The number of nitrogens with two attached hydrogens (primary N) is 2. The van der Waals surface area contributed by atoms with Crippen LogP contribution in [-0.4, -0.2) is 28.6 Å². The standard InChI is InChI=1S/C24H30N4O2/c1-18-10-12-19(13-11-18)16-28(22(24(26)29)9-5-6-14-25)17-21-15-23(30-27-21)20-7-3-2-4-8-20/h2-4,7-8,10-13,15,22H,5-6,9,14,16-17,25H2,1H3,(H2,26,29). The van der Waals surface area contributed by atoms with E-state index in [1.54, 1.807) is 0 Å². The Morgan fingerprint density at radius 1 is 1.07 bits per heavy atom. The van der Waals surface area contributed by atoms with Gasteiger partial charge < -0.3 is 16.0 Å². The first-order valence-corrected chi connectivity index (χ1v) is 10.4. The van der Waals surface area contributed by atoms with Gasteiger partial charge in [0.05, 0.1) is 11.7 Å². The smallest absolute Gasteiger partial charge is 0.234 e. The van der Waals surface area contributed by atoms with E-state index in [9.17, 15) is 4.79 Å². The maximum absolute atomic E-state index is 12.3. The Labute approximate surface area is 177 Å². The van der Waals surface area contributed by atoms with Gasteiger partial charge in [0, 0.05) is 24.7 Å². The number of benzene rings is 2. The lowest BCUT2D eigenvalue weighted by Crippen LogP contribution is -2.44. The molecule has 6 heteroatoms. The SMILES string of the molecule is Cc1ccc(CN(Cc2cc(-c3ccccc3)on2)C(CCCCN)C(N)=O)cc1. The maximum Gasteiger partial charge on any atom is 0.234 e. The highest BCUT2D eigenvalue weighted by Crippen LogP contribution is 2.22. The average Bonchev–Trinajstić information content (AvgIpc) is 3.21. The van der Waals surface area contributed by atoms with Gasteiger partial charge in [0.2, 0.25) is 5.91 Å². The van der Waals surface area contributed by atoms with Crippen molar-refractivity contribution in [2.24, 2.45) is 11.5 Å². The zero-order chi connectivity index (χ0) is 21.3. The van der Waals surface area contributed by atoms with Gasteiger partial charge in [-0.1, -0.05) is 71.7 Å². The second-order valence-electron chi connectivity index (χ2n) is 7.64. The van der Waals surface area contributed by atoms with Crippen molar-refractivity contribution in [3.63, 3.8) is 0 Å². The lowest BCUT2D eigenvalue weighted by atomic mass is 10.0. The maximum atomic E-state index is 12.3. The Kier molecular flexibility index (Phi) is 7.76. The fourth-order valence-corrected chi connectivity index (χ4v) is 3.52. The van der Waals surface area contributed by atoms with Crippen LogP contribution in [0.2, 0.25) is 0 Å². The van der Waals surface area contributed by atoms with Crippen LogP contribution in [0.4, 0.5) is 0 Å². The van der Waals surface area contributed by atoms with Crippen molar-refractivity contribution in [3.8, 4) is 11.3 Å². The van der Waals surface area contributed by atoms with Crippen LogP contribution >= 0.6 is 0 Å². The van der Waals surface area contributed by atoms with Gasteiger partial charge in [-0.05, 0) is 31.9 Å². The third-order valence-electron chi connectivity index (χ3n) is 5.19. The number of aromatic nitrogens is 1. The summed E-state index contributed by atoms with van der Waals surface area (Å²) in [5.74, 6) is 0.380. The number of hydrogen-bond acceptors (Lipinski definition) is 5. The van der Waals surface area contributed by atoms with Gasteiger partial charge in [-0.25, -0.2) is 0 Å². The number of amides is 1. The number of carbonyl (C=O) groups is 1. The molecule has 1 amide bonds. The fourth-order valence-electron chi connectivity index (χ4n) is 3.52. The van der Waals surface area contributed by atoms with Gasteiger partial charge in [0.1, 0.15) is 0 Å². The molecule has 0 saturated carbocycles. The highest BCUT2D eigenvalue weighted by molar-refractivity contribution is 5.79. The van der Waals surface area contributed by atoms with Crippen molar-refractivity contribution in [2.45, 2.75) is 45.3 Å². The molecule has 0 radical (unpaired) electrons. The van der Waals surface area contributed by atoms with Crippen LogP contribution in [0.1, 0.15) is 36.1 Å². The van der Waals surface area contributed by atoms with E-state index in [1.165, 1.54) is 5.56 Å². The van der Waals surface area contributed by atoms with Gasteiger partial charge in [-0.3, -0.25) is 9.69 Å². The predicted molar refractivity (Wildman–Crippen MR) is 118 cm³/mol. The highest BCUT2D eigenvalue weighted by Gasteiger charge is 2.25. The molecule has 0 saturated heterocycles. The first-order chi connectivity index (χ1) is 14.6. The minimum Gasteiger partial charge on any atom is -0.368 e. The summed E-state index contributed by atoms with van der Waals surface area (Å²) < 4.78 is 5.55. The van der Waals surface area contributed by atoms with Gasteiger partial charge in [0.25, 0.3) is 0 Å². The molecule has 1 unspecified atom stereocenters. The van der Waals surface area contributed by atoms with Gasteiger partial charge >= 0.3 is 0 Å². The highest BCUT2D eigenvalue weighted by atomic mass is 16.5. The summed E-state index contributed by atoms with van der Waals surface area (Å²) in [6.45, 7) is 3.73. The number of aryl methyl sites for hydroxylation is 1. The number of nitrogens with zero attached hydrogens (tertiary/aromatic N) is 2. The first-order valence-electron chi connectivity index (χ1n) is 10.4. The number of unbranched alkanes of at least 4 members (excludes halogenated alkanes) is 1. The van der Waals surface area contributed by atoms with Gasteiger partial charge in [0.15, 0.2) is 5.76 Å². The summed E-state index contributed by atoms with van der Waals surface area (Å²) in [6, 6.07) is 19.7. The predicted octanol–water partition coefficient (Wildman–Crippen LogP) is 3.64. The summed E-state index contributed by atoms with van der Waals surface area (Å²) in [7, 11) is 0. The Hall–Kier alpha value is -2.96. The molecule has 0 fully saturated rings. The van der Waals surface area contributed by atoms with Crippen LogP contribution in [0.3, 0.4) is 0 Å². The molecule has 30 heavy (non-hydrogen) atoms. The Balaban J connectivity index is 1.81. The molecule has 1 aromatic heterocycles. The quantitative estimate of drug-likeness (QED) is 0.474. The minimum atomic E-state index is -0.394. The molecule has 0 aliphatic carbocycles. The Morgan fingerprint density at radius 2 is 1.80 bits per heavy atom. The van der Waals surface area contributed by atoms with Crippen molar-refractivity contribution in [1.29, 1.82) is 0 Å². The van der Waals surface area contributed by atoms with Crippen molar-refractivity contribution in [1.82, 2.24) is 10.1 Å². The van der Waals surface area contributed by atoms with E-state index in [0.717, 1.165) is 29.7 Å². The largest absolute Gasteiger partial charge is 0.368 e. The van der Waals surface area contributed by atoms with Crippen LogP contribution in [0.5, 0.6) is 0 Å². The van der Waals surface area contributed by atoms with Crippen LogP contribution in [-0.2, 0) is 17.9 Å². The zero-order valence-electron chi connectivity index (χ0n) is 17.5. The third-order valence-corrected chi connectivity index (χ3v) is 5.19. The Bertz CT molecular complexity index is 922. The molecule has 0 bridgehead atoms. The average molecular weight is 407 g/mol. The normalized spacial score (nSPS) is 12.2. The first kappa shape index (κ1) is 21.7. The third kappa shape index (κ3) is 6.02. The monoisotopic (exact) mass is 406 g/mol. The van der Waals surface area contributed by atoms with Crippen LogP contribution < -0.4 is 11.5 Å². The number of hydrogen-bond donors (Lipinski definition) is 2. The lowest BCUT2D eigenvalue weighted by Gasteiger charge is -2.29. The molecular formula is C24H30N4O2. The van der Waals surface area contributed by atoms with Crippen molar-refractivity contribution in [3.05, 3.63) is 77.5 Å². The number of rotatable bonds is 11. The van der Waals surface area contributed by atoms with Gasteiger partial charge in [-0.15, -0.1) is 0 Å². The second-order valence-corrected chi connectivity index (χ2v) is 7.64. The summed E-state index contributed by atoms with van der Waals surface area (Å²) in [5, 5.41) is 4.24. The van der Waals surface area contributed by atoms with Crippen molar-refractivity contribution >= 4 is 5.91 Å². The molecular weight excluding hydrogens is 376 g/mol. The van der Waals surface area contributed by atoms with E-state index in [-0.39, 0.29) is 5.91 Å². The summed E-state index contributed by atoms with van der Waals surface area (Å²) in [4.78, 5) is 14.4. The molecule has 3 rings (SSSR count). The second kappa shape index (κ2) is 10.7. The molecule has 0 aliphatic rings. The van der Waals surface area contributed by atoms with Crippen LogP contribution in [0.15, 0.2) is 65.2 Å². The van der Waals surface area contributed by atoms with Gasteiger partial charge in [-0.2, -0.15) is 0 Å². The summed E-state index contributed by atoms with van der Waals surface area (Å²) in [6.07, 6.45) is 2.38. The van der Waals surface area contributed by atoms with Crippen molar-refractivity contribution in [2.75, 3.05) is 6.54 Å². The van der Waals surface area contributed by atoms with E-state index < -0.39 is 6.04 Å². The molecule has 3 aromatic rings. The van der Waals surface area contributed by atoms with E-state index in [0.29, 0.717) is 31.8 Å². The molecule has 1 atom stereocenters. The molecule has 0 spiro atoms. The summed E-state index contributed by atoms with van der Waals surface area (Å²) in [5.41, 5.74) is 15.5. The Morgan fingerprint density at radius 3 is 2.47 bits per heavy atom. The molecule has 1 heterocycles. The molecule has 2 aromatic carbocycles. The van der Waals surface area contributed by atoms with Crippen molar-refractivity contribution < 1.29 is 9.32 Å². The van der Waals surface area contributed by atoms with E-state index in [4.69, 9.17) is 16.0 Å². The van der Waals surface area contributed by atoms with E-state index in [2.05, 4.69) is 41.2 Å². The molecule has 0 aliphatic heterocycles. The topological polar surface area (TPSA) is 98.4 Å². The lowest BCUT2D eigenvalue weighted by molar-refractivity contribution is -0.124. The minimum absolute atomic E-state index is 0.328.